The fraction of sp³-hybridized carbons (Fsp3) is 1.00. The molecule has 0 aliphatic heterocycles. The van der Waals surface area contributed by atoms with Crippen LogP contribution in [0.1, 0.15) is 33.6 Å². The Morgan fingerprint density at radius 3 is 2.46 bits per heavy atom. The van der Waals surface area contributed by atoms with Crippen LogP contribution < -0.4 is 5.73 Å². The van der Waals surface area contributed by atoms with Gasteiger partial charge in [0.25, 0.3) is 0 Å². The first-order chi connectivity index (χ1) is 6.06. The van der Waals surface area contributed by atoms with Gasteiger partial charge in [-0.15, -0.1) is 0 Å². The van der Waals surface area contributed by atoms with Crippen LogP contribution in [0, 0.1) is 11.8 Å². The Kier molecular flexibility index (Phi) is 3.74. The average Bonchev–Trinajstić information content (AvgIpc) is 2.79. The van der Waals surface area contributed by atoms with Gasteiger partial charge in [0.2, 0.25) is 0 Å². The summed E-state index contributed by atoms with van der Waals surface area (Å²) in [6.07, 6.45) is 2.49. The third kappa shape index (κ3) is 2.96. The minimum absolute atomic E-state index is 0.332. The molecule has 0 saturated heterocycles. The van der Waals surface area contributed by atoms with Crippen molar-refractivity contribution < 1.29 is 0 Å². The van der Waals surface area contributed by atoms with Gasteiger partial charge in [-0.25, -0.2) is 0 Å². The van der Waals surface area contributed by atoms with Crippen molar-refractivity contribution in [2.24, 2.45) is 17.6 Å². The fourth-order valence-corrected chi connectivity index (χ4v) is 1.86. The summed E-state index contributed by atoms with van der Waals surface area (Å²) in [5.41, 5.74) is 6.01. The van der Waals surface area contributed by atoms with Gasteiger partial charge in [0.1, 0.15) is 0 Å². The molecule has 1 aliphatic carbocycles. The van der Waals surface area contributed by atoms with Gasteiger partial charge in [-0.2, -0.15) is 0 Å². The van der Waals surface area contributed by atoms with Gasteiger partial charge in [-0.3, -0.25) is 0 Å². The van der Waals surface area contributed by atoms with Gasteiger partial charge >= 0.3 is 0 Å². The number of hydrogen-bond acceptors (Lipinski definition) is 2. The van der Waals surface area contributed by atoms with Crippen LogP contribution >= 0.6 is 0 Å². The van der Waals surface area contributed by atoms with Crippen molar-refractivity contribution in [2.45, 2.75) is 45.7 Å². The van der Waals surface area contributed by atoms with E-state index in [1.807, 2.05) is 0 Å². The minimum atomic E-state index is 0.332. The molecule has 0 spiro atoms. The Hall–Kier alpha value is -0.0800. The highest BCUT2D eigenvalue weighted by molar-refractivity contribution is 4.87. The van der Waals surface area contributed by atoms with E-state index in [0.717, 1.165) is 18.3 Å². The number of hydrogen-bond donors (Lipinski definition) is 1. The van der Waals surface area contributed by atoms with Crippen LogP contribution in [0.3, 0.4) is 0 Å². The lowest BCUT2D eigenvalue weighted by Gasteiger charge is -2.29. The maximum Gasteiger partial charge on any atom is 0.0215 e. The van der Waals surface area contributed by atoms with E-state index in [0.29, 0.717) is 12.1 Å². The Bertz CT molecular complexity index is 158. The van der Waals surface area contributed by atoms with Crippen LogP contribution in [-0.2, 0) is 0 Å². The van der Waals surface area contributed by atoms with Crippen molar-refractivity contribution in [1.82, 2.24) is 4.90 Å². The lowest BCUT2D eigenvalue weighted by Crippen LogP contribution is -2.44. The number of rotatable bonds is 5. The Morgan fingerprint density at radius 2 is 2.08 bits per heavy atom. The second kappa shape index (κ2) is 4.43. The van der Waals surface area contributed by atoms with E-state index in [2.05, 4.69) is 32.7 Å². The maximum absolute atomic E-state index is 6.01. The maximum atomic E-state index is 6.01. The standard InChI is InChI=1S/C11H24N2/c1-5-11(12)9(3)13(4)7-10-6-8(10)2/h8-11H,5-7,12H2,1-4H3. The summed E-state index contributed by atoms with van der Waals surface area (Å²) in [6, 6.07) is 0.858. The van der Waals surface area contributed by atoms with Crippen molar-refractivity contribution in [3.05, 3.63) is 0 Å². The summed E-state index contributed by atoms with van der Waals surface area (Å²) < 4.78 is 0. The Morgan fingerprint density at radius 1 is 1.54 bits per heavy atom. The number of nitrogens with two attached hydrogens (primary N) is 1. The minimum Gasteiger partial charge on any atom is -0.326 e. The zero-order valence-corrected chi connectivity index (χ0v) is 9.46. The highest BCUT2D eigenvalue weighted by Gasteiger charge is 2.34. The summed E-state index contributed by atoms with van der Waals surface area (Å²) >= 11 is 0. The predicted octanol–water partition coefficient (Wildman–Crippen LogP) is 1.70. The SMILES string of the molecule is CCC(N)C(C)N(C)CC1CC1C. The van der Waals surface area contributed by atoms with Gasteiger partial charge in [0, 0.05) is 18.6 Å². The first-order valence-corrected chi connectivity index (χ1v) is 5.52. The van der Waals surface area contributed by atoms with Gasteiger partial charge in [-0.1, -0.05) is 13.8 Å². The molecule has 1 fully saturated rings. The molecule has 2 nitrogen and oxygen atoms in total. The smallest absolute Gasteiger partial charge is 0.0215 e. The van der Waals surface area contributed by atoms with Crippen LogP contribution in [0.5, 0.6) is 0 Å². The van der Waals surface area contributed by atoms with Crippen molar-refractivity contribution >= 4 is 0 Å². The van der Waals surface area contributed by atoms with Gasteiger partial charge in [0.15, 0.2) is 0 Å². The molecular formula is C11H24N2. The monoisotopic (exact) mass is 184 g/mol. The molecule has 4 atom stereocenters. The van der Waals surface area contributed by atoms with Crippen LogP contribution in [0.2, 0.25) is 0 Å². The van der Waals surface area contributed by atoms with Gasteiger partial charge < -0.3 is 10.6 Å². The molecule has 0 heterocycles. The largest absolute Gasteiger partial charge is 0.326 e. The molecule has 1 aliphatic rings. The molecule has 0 amide bonds. The second-order valence-corrected chi connectivity index (χ2v) is 4.73. The summed E-state index contributed by atoms with van der Waals surface area (Å²) in [5.74, 6) is 1.89. The average molecular weight is 184 g/mol. The highest BCUT2D eigenvalue weighted by Crippen LogP contribution is 2.38. The molecule has 0 aromatic rings. The van der Waals surface area contributed by atoms with E-state index < -0.39 is 0 Å². The molecule has 78 valence electrons. The molecule has 4 unspecified atom stereocenters. The van der Waals surface area contributed by atoms with E-state index in [1.165, 1.54) is 13.0 Å². The van der Waals surface area contributed by atoms with Crippen LogP contribution in [0.25, 0.3) is 0 Å². The topological polar surface area (TPSA) is 29.3 Å². The zero-order valence-electron chi connectivity index (χ0n) is 9.46. The molecule has 0 bridgehead atoms. The van der Waals surface area contributed by atoms with Crippen LogP contribution in [-0.4, -0.2) is 30.6 Å². The van der Waals surface area contributed by atoms with E-state index in [1.54, 1.807) is 0 Å². The van der Waals surface area contributed by atoms with Gasteiger partial charge in [-0.05, 0) is 38.6 Å². The molecule has 2 heteroatoms. The number of nitrogens with zero attached hydrogens (tertiary/aromatic N) is 1. The molecule has 0 radical (unpaired) electrons. The Labute approximate surface area is 82.5 Å². The molecule has 1 rings (SSSR count). The molecular weight excluding hydrogens is 160 g/mol. The predicted molar refractivity (Wildman–Crippen MR) is 57.6 cm³/mol. The van der Waals surface area contributed by atoms with Crippen molar-refractivity contribution in [2.75, 3.05) is 13.6 Å². The summed E-state index contributed by atoms with van der Waals surface area (Å²) in [6.45, 7) is 7.97. The lowest BCUT2D eigenvalue weighted by molar-refractivity contribution is 0.212. The van der Waals surface area contributed by atoms with E-state index >= 15 is 0 Å². The van der Waals surface area contributed by atoms with E-state index in [9.17, 15) is 0 Å². The summed E-state index contributed by atoms with van der Waals surface area (Å²) in [5, 5.41) is 0. The zero-order chi connectivity index (χ0) is 10.0. The first kappa shape index (κ1) is 11.0. The molecule has 1 saturated carbocycles. The van der Waals surface area contributed by atoms with Crippen LogP contribution in [0.15, 0.2) is 0 Å². The Balaban J connectivity index is 2.25. The van der Waals surface area contributed by atoms with E-state index in [4.69, 9.17) is 5.73 Å². The fourth-order valence-electron chi connectivity index (χ4n) is 1.86. The second-order valence-electron chi connectivity index (χ2n) is 4.73. The van der Waals surface area contributed by atoms with Crippen molar-refractivity contribution in [1.29, 1.82) is 0 Å². The summed E-state index contributed by atoms with van der Waals surface area (Å²) in [7, 11) is 2.20. The third-order valence-electron chi connectivity index (χ3n) is 3.58. The third-order valence-corrected chi connectivity index (χ3v) is 3.58. The molecule has 13 heavy (non-hydrogen) atoms. The quantitative estimate of drug-likeness (QED) is 0.704. The number of likely N-dealkylation sites (N-methyl/N-ethyl adjacent to an activating group) is 1. The van der Waals surface area contributed by atoms with Crippen molar-refractivity contribution in [3.63, 3.8) is 0 Å². The van der Waals surface area contributed by atoms with E-state index in [-0.39, 0.29) is 0 Å². The molecule has 0 aromatic heterocycles. The molecule has 0 aromatic carbocycles. The van der Waals surface area contributed by atoms with Crippen molar-refractivity contribution in [3.8, 4) is 0 Å². The normalized spacial score (nSPS) is 31.8. The lowest BCUT2D eigenvalue weighted by atomic mass is 10.1. The van der Waals surface area contributed by atoms with Gasteiger partial charge in [0.05, 0.1) is 0 Å². The summed E-state index contributed by atoms with van der Waals surface area (Å²) in [4.78, 5) is 2.42. The molecule has 2 N–H and O–H groups in total. The van der Waals surface area contributed by atoms with Crippen LogP contribution in [0.4, 0.5) is 0 Å². The first-order valence-electron chi connectivity index (χ1n) is 5.52. The highest BCUT2D eigenvalue weighted by atomic mass is 15.1.